The van der Waals surface area contributed by atoms with Crippen molar-refractivity contribution in [1.29, 1.82) is 0 Å². The summed E-state index contributed by atoms with van der Waals surface area (Å²) < 4.78 is 5.13. The van der Waals surface area contributed by atoms with Crippen molar-refractivity contribution >= 4 is 52.2 Å². The molecule has 8 heteroatoms. The number of carbonyl (C=O) groups excluding carboxylic acids is 2. The van der Waals surface area contributed by atoms with Crippen LogP contribution in [0.15, 0.2) is 30.3 Å². The lowest BCUT2D eigenvalue weighted by Gasteiger charge is -2.09. The first kappa shape index (κ1) is 19.4. The van der Waals surface area contributed by atoms with Crippen molar-refractivity contribution in [3.05, 3.63) is 51.0 Å². The Kier molecular flexibility index (Phi) is 6.53. The molecule has 0 bridgehead atoms. The third-order valence-electron chi connectivity index (χ3n) is 3.34. The number of anilines is 1. The second kappa shape index (κ2) is 8.43. The summed E-state index contributed by atoms with van der Waals surface area (Å²) in [4.78, 5) is 24.3. The molecule has 0 spiro atoms. The number of rotatable bonds is 6. The minimum absolute atomic E-state index is 0.0162. The smallest absolute Gasteiger partial charge is 0.224 e. The molecule has 0 aliphatic rings. The number of amides is 1. The predicted octanol–water partition coefficient (Wildman–Crippen LogP) is 4.96. The molecule has 0 aliphatic carbocycles. The highest BCUT2D eigenvalue weighted by atomic mass is 35.5. The van der Waals surface area contributed by atoms with Crippen molar-refractivity contribution in [2.24, 2.45) is 0 Å². The van der Waals surface area contributed by atoms with Gasteiger partial charge in [-0.25, -0.2) is 0 Å². The molecule has 0 aromatic heterocycles. The average Bonchev–Trinajstić information content (AvgIpc) is 2.57. The Bertz CT molecular complexity index is 801. The van der Waals surface area contributed by atoms with Crippen molar-refractivity contribution < 1.29 is 19.4 Å². The molecule has 132 valence electrons. The van der Waals surface area contributed by atoms with Crippen LogP contribution in [-0.4, -0.2) is 23.9 Å². The van der Waals surface area contributed by atoms with Crippen LogP contribution in [0.4, 0.5) is 5.69 Å². The van der Waals surface area contributed by atoms with E-state index >= 15 is 0 Å². The first-order valence-corrected chi connectivity index (χ1v) is 8.29. The number of phenols is 1. The summed E-state index contributed by atoms with van der Waals surface area (Å²) in [6.45, 7) is 0. The number of hydrogen-bond acceptors (Lipinski definition) is 4. The molecule has 2 aromatic carbocycles. The van der Waals surface area contributed by atoms with E-state index in [-0.39, 0.29) is 34.4 Å². The summed E-state index contributed by atoms with van der Waals surface area (Å²) in [5.41, 5.74) is 0.643. The average molecular weight is 403 g/mol. The fourth-order valence-electron chi connectivity index (χ4n) is 2.12. The van der Waals surface area contributed by atoms with Gasteiger partial charge in [0.15, 0.2) is 11.5 Å². The van der Waals surface area contributed by atoms with Crippen LogP contribution in [0.2, 0.25) is 15.1 Å². The Balaban J connectivity index is 2.00. The number of benzene rings is 2. The van der Waals surface area contributed by atoms with Gasteiger partial charge in [-0.05, 0) is 30.3 Å². The summed E-state index contributed by atoms with van der Waals surface area (Å²) >= 11 is 17.5. The van der Waals surface area contributed by atoms with Crippen LogP contribution in [0.5, 0.6) is 11.5 Å². The van der Waals surface area contributed by atoms with E-state index in [1.54, 1.807) is 12.1 Å². The summed E-state index contributed by atoms with van der Waals surface area (Å²) in [6.07, 6.45) is -0.0767. The minimum Gasteiger partial charge on any atom is -0.505 e. The lowest BCUT2D eigenvalue weighted by atomic mass is 10.1. The van der Waals surface area contributed by atoms with Gasteiger partial charge in [0.2, 0.25) is 5.91 Å². The highest BCUT2D eigenvalue weighted by Crippen LogP contribution is 2.34. The zero-order valence-corrected chi connectivity index (χ0v) is 15.4. The Labute approximate surface area is 159 Å². The second-order valence-corrected chi connectivity index (χ2v) is 6.36. The maximum Gasteiger partial charge on any atom is 0.224 e. The lowest BCUT2D eigenvalue weighted by molar-refractivity contribution is -0.116. The first-order chi connectivity index (χ1) is 11.8. The molecule has 0 saturated heterocycles. The minimum atomic E-state index is -0.396. The van der Waals surface area contributed by atoms with Crippen LogP contribution in [-0.2, 0) is 4.79 Å². The number of nitrogens with one attached hydrogen (secondary N) is 1. The van der Waals surface area contributed by atoms with E-state index in [4.69, 9.17) is 39.5 Å². The Morgan fingerprint density at radius 3 is 2.32 bits per heavy atom. The first-order valence-electron chi connectivity index (χ1n) is 7.16. The molecule has 2 rings (SSSR count). The fraction of sp³-hybridized carbons (Fsp3) is 0.176. The topological polar surface area (TPSA) is 75.6 Å². The van der Waals surface area contributed by atoms with E-state index in [1.165, 1.54) is 25.3 Å². The molecule has 1 amide bonds. The Morgan fingerprint density at radius 2 is 1.72 bits per heavy atom. The van der Waals surface area contributed by atoms with Gasteiger partial charge in [-0.15, -0.1) is 0 Å². The van der Waals surface area contributed by atoms with Gasteiger partial charge in [-0.2, -0.15) is 0 Å². The van der Waals surface area contributed by atoms with Crippen LogP contribution in [0.3, 0.4) is 0 Å². The Hall–Kier alpha value is -1.95. The van der Waals surface area contributed by atoms with Crippen molar-refractivity contribution in [3.8, 4) is 11.5 Å². The largest absolute Gasteiger partial charge is 0.505 e. The fourth-order valence-corrected chi connectivity index (χ4v) is 2.78. The number of ketones is 1. The number of ether oxygens (including phenoxy) is 1. The molecule has 0 unspecified atom stereocenters. The van der Waals surface area contributed by atoms with Crippen molar-refractivity contribution in [1.82, 2.24) is 0 Å². The van der Waals surface area contributed by atoms with Crippen LogP contribution in [0, 0.1) is 0 Å². The van der Waals surface area contributed by atoms with Crippen molar-refractivity contribution in [2.45, 2.75) is 12.8 Å². The summed E-state index contributed by atoms with van der Waals surface area (Å²) in [7, 11) is 1.45. The third-order valence-corrected chi connectivity index (χ3v) is 4.15. The number of Topliss-reactive ketones (excluding diaryl/α,β-unsaturated/α-hetero) is 1. The van der Waals surface area contributed by atoms with E-state index in [0.717, 1.165) is 0 Å². The molecule has 0 aliphatic heterocycles. The van der Waals surface area contributed by atoms with Crippen LogP contribution >= 0.6 is 34.8 Å². The normalized spacial score (nSPS) is 10.4. The molecular weight excluding hydrogens is 389 g/mol. The third kappa shape index (κ3) is 5.01. The molecule has 5 nitrogen and oxygen atoms in total. The number of carbonyl (C=O) groups is 2. The van der Waals surface area contributed by atoms with Gasteiger partial charge >= 0.3 is 0 Å². The maximum atomic E-state index is 12.3. The molecule has 0 heterocycles. The van der Waals surface area contributed by atoms with E-state index < -0.39 is 5.91 Å². The molecule has 0 radical (unpaired) electrons. The summed E-state index contributed by atoms with van der Waals surface area (Å²) in [6, 6.07) is 7.43. The monoisotopic (exact) mass is 401 g/mol. The van der Waals surface area contributed by atoms with Gasteiger partial charge in [0.25, 0.3) is 0 Å². The van der Waals surface area contributed by atoms with Gasteiger partial charge in [0, 0.05) is 23.6 Å². The second-order valence-electron chi connectivity index (χ2n) is 5.10. The highest BCUT2D eigenvalue weighted by Gasteiger charge is 2.15. The van der Waals surface area contributed by atoms with Gasteiger partial charge in [0.1, 0.15) is 5.75 Å². The quantitative estimate of drug-likeness (QED) is 0.529. The van der Waals surface area contributed by atoms with E-state index in [0.29, 0.717) is 22.0 Å². The van der Waals surface area contributed by atoms with Crippen LogP contribution in [0.25, 0.3) is 0 Å². The molecule has 25 heavy (non-hydrogen) atoms. The molecule has 2 N–H and O–H groups in total. The van der Waals surface area contributed by atoms with Crippen molar-refractivity contribution in [2.75, 3.05) is 12.4 Å². The summed E-state index contributed by atoms with van der Waals surface area (Å²) in [5, 5.41) is 12.5. The molecule has 0 atom stereocenters. The Morgan fingerprint density at radius 1 is 1.08 bits per heavy atom. The number of aromatic hydroxyl groups is 1. The zero-order valence-electron chi connectivity index (χ0n) is 13.1. The van der Waals surface area contributed by atoms with E-state index in [2.05, 4.69) is 5.32 Å². The zero-order chi connectivity index (χ0) is 18.6. The maximum absolute atomic E-state index is 12.3. The molecule has 0 saturated carbocycles. The number of phenolic OH excluding ortho intramolecular Hbond substituents is 1. The number of methoxy groups -OCH3 is 1. The van der Waals surface area contributed by atoms with E-state index in [1.807, 2.05) is 0 Å². The SMILES string of the molecule is COc1ccc(Cl)cc1C(=O)CCC(=O)Nc1cc(Cl)c(O)c(Cl)c1. The number of hydrogen-bond donors (Lipinski definition) is 2. The summed E-state index contributed by atoms with van der Waals surface area (Å²) in [5.74, 6) is -0.528. The highest BCUT2D eigenvalue weighted by molar-refractivity contribution is 6.37. The molecular formula is C17H14Cl3NO4. The van der Waals surface area contributed by atoms with Crippen LogP contribution < -0.4 is 10.1 Å². The van der Waals surface area contributed by atoms with Gasteiger partial charge in [0.05, 0.1) is 22.7 Å². The van der Waals surface area contributed by atoms with E-state index in [9.17, 15) is 14.7 Å². The van der Waals surface area contributed by atoms with Crippen molar-refractivity contribution in [3.63, 3.8) is 0 Å². The van der Waals surface area contributed by atoms with Gasteiger partial charge in [-0.1, -0.05) is 34.8 Å². The predicted molar refractivity (Wildman–Crippen MR) is 98.3 cm³/mol. The molecule has 2 aromatic rings. The molecule has 0 fully saturated rings. The lowest BCUT2D eigenvalue weighted by Crippen LogP contribution is -2.14. The van der Waals surface area contributed by atoms with Crippen LogP contribution in [0.1, 0.15) is 23.2 Å². The van der Waals surface area contributed by atoms with Gasteiger partial charge < -0.3 is 15.2 Å². The standard InChI is InChI=1S/C17H14Cl3NO4/c1-25-15-4-2-9(18)6-11(15)14(22)3-5-16(23)21-10-7-12(19)17(24)13(20)8-10/h2,4,6-8,24H,3,5H2,1H3,(H,21,23). The van der Waals surface area contributed by atoms with Gasteiger partial charge in [-0.3, -0.25) is 9.59 Å². The number of halogens is 3.